The van der Waals surface area contributed by atoms with Crippen LogP contribution < -0.4 is 5.32 Å². The molecule has 1 spiro atoms. The molecule has 1 heterocycles. The SMILES string of the molecule is Cc1ccc(-c2ccc(Cl)cc2)cc1C1=C(O)[C@]2(CC[C@@H](CO)CC2)NC1=O. The van der Waals surface area contributed by atoms with Gasteiger partial charge in [-0.3, -0.25) is 4.79 Å². The number of carbonyl (C=O) groups excluding carboxylic acids is 1. The molecule has 2 aromatic rings. The first-order valence-corrected chi connectivity index (χ1v) is 10.1. The molecule has 1 aliphatic carbocycles. The summed E-state index contributed by atoms with van der Waals surface area (Å²) in [5, 5.41) is 24.2. The molecule has 1 fully saturated rings. The van der Waals surface area contributed by atoms with Gasteiger partial charge < -0.3 is 15.5 Å². The van der Waals surface area contributed by atoms with Crippen LogP contribution in [0.25, 0.3) is 16.7 Å². The molecule has 0 unspecified atom stereocenters. The number of benzene rings is 2. The van der Waals surface area contributed by atoms with Gasteiger partial charge in [-0.15, -0.1) is 0 Å². The van der Waals surface area contributed by atoms with E-state index in [9.17, 15) is 15.0 Å². The molecule has 5 heteroatoms. The van der Waals surface area contributed by atoms with Gasteiger partial charge in [0.1, 0.15) is 5.76 Å². The molecule has 2 aromatic carbocycles. The molecular weight excluding hydrogens is 374 g/mol. The summed E-state index contributed by atoms with van der Waals surface area (Å²) >= 11 is 5.99. The number of hydrogen-bond donors (Lipinski definition) is 3. The van der Waals surface area contributed by atoms with Crippen LogP contribution in [0.2, 0.25) is 5.02 Å². The van der Waals surface area contributed by atoms with Gasteiger partial charge in [0.25, 0.3) is 5.91 Å². The monoisotopic (exact) mass is 397 g/mol. The van der Waals surface area contributed by atoms with Gasteiger partial charge in [0.15, 0.2) is 0 Å². The predicted molar refractivity (Wildman–Crippen MR) is 111 cm³/mol. The Kier molecular flexibility index (Phi) is 4.94. The average Bonchev–Trinajstić information content (AvgIpc) is 2.93. The van der Waals surface area contributed by atoms with Gasteiger partial charge in [0.05, 0.1) is 11.1 Å². The molecular formula is C23H24ClNO3. The van der Waals surface area contributed by atoms with E-state index in [1.807, 2.05) is 49.4 Å². The molecule has 0 aromatic heterocycles. The Morgan fingerprint density at radius 3 is 2.39 bits per heavy atom. The Morgan fingerprint density at radius 1 is 1.11 bits per heavy atom. The molecule has 1 aliphatic heterocycles. The fraction of sp³-hybridized carbons (Fsp3) is 0.348. The van der Waals surface area contributed by atoms with Crippen molar-refractivity contribution in [3.8, 4) is 11.1 Å². The Hall–Kier alpha value is -2.30. The molecule has 1 saturated carbocycles. The molecule has 0 saturated heterocycles. The molecule has 1 amide bonds. The predicted octanol–water partition coefficient (Wildman–Crippen LogP) is 4.64. The number of halogens is 1. The van der Waals surface area contributed by atoms with Gasteiger partial charge in [0, 0.05) is 11.6 Å². The van der Waals surface area contributed by atoms with Crippen molar-refractivity contribution in [2.45, 2.75) is 38.1 Å². The van der Waals surface area contributed by atoms with Crippen LogP contribution in [-0.2, 0) is 4.79 Å². The van der Waals surface area contributed by atoms with Crippen LogP contribution in [-0.4, -0.2) is 28.3 Å². The molecule has 0 bridgehead atoms. The molecule has 0 atom stereocenters. The second kappa shape index (κ2) is 7.26. The summed E-state index contributed by atoms with van der Waals surface area (Å²) in [5.41, 5.74) is 3.34. The van der Waals surface area contributed by atoms with E-state index < -0.39 is 5.54 Å². The summed E-state index contributed by atoms with van der Waals surface area (Å²) in [7, 11) is 0. The molecule has 0 radical (unpaired) electrons. The number of aryl methyl sites for hydroxylation is 1. The lowest BCUT2D eigenvalue weighted by atomic mass is 9.76. The topological polar surface area (TPSA) is 69.6 Å². The van der Waals surface area contributed by atoms with Crippen molar-refractivity contribution in [1.82, 2.24) is 5.32 Å². The lowest BCUT2D eigenvalue weighted by Gasteiger charge is -2.36. The third-order valence-corrected chi connectivity index (χ3v) is 6.42. The Bertz CT molecular complexity index is 941. The van der Waals surface area contributed by atoms with Crippen molar-refractivity contribution in [2.75, 3.05) is 6.61 Å². The van der Waals surface area contributed by atoms with Crippen molar-refractivity contribution < 1.29 is 15.0 Å². The second-order valence-electron chi connectivity index (χ2n) is 7.92. The van der Waals surface area contributed by atoms with Crippen molar-refractivity contribution >= 4 is 23.1 Å². The minimum absolute atomic E-state index is 0.144. The third-order valence-electron chi connectivity index (χ3n) is 6.17. The first-order valence-electron chi connectivity index (χ1n) is 9.67. The quantitative estimate of drug-likeness (QED) is 0.706. The first-order chi connectivity index (χ1) is 13.4. The van der Waals surface area contributed by atoms with Gasteiger partial charge >= 0.3 is 0 Å². The Morgan fingerprint density at radius 2 is 1.75 bits per heavy atom. The largest absolute Gasteiger partial charge is 0.509 e. The normalized spacial score (nSPS) is 24.7. The summed E-state index contributed by atoms with van der Waals surface area (Å²) in [6, 6.07) is 13.5. The summed E-state index contributed by atoms with van der Waals surface area (Å²) in [4.78, 5) is 12.9. The van der Waals surface area contributed by atoms with Crippen molar-refractivity contribution in [1.29, 1.82) is 0 Å². The highest BCUT2D eigenvalue weighted by Gasteiger charge is 2.47. The number of hydrogen-bond acceptors (Lipinski definition) is 3. The van der Waals surface area contributed by atoms with Crippen LogP contribution in [0.1, 0.15) is 36.8 Å². The van der Waals surface area contributed by atoms with Crippen LogP contribution in [0.15, 0.2) is 48.2 Å². The van der Waals surface area contributed by atoms with Gasteiger partial charge in [-0.25, -0.2) is 0 Å². The molecule has 146 valence electrons. The van der Waals surface area contributed by atoms with E-state index in [4.69, 9.17) is 11.6 Å². The maximum absolute atomic E-state index is 12.9. The van der Waals surface area contributed by atoms with Crippen molar-refractivity contribution in [3.63, 3.8) is 0 Å². The zero-order valence-electron chi connectivity index (χ0n) is 15.8. The average molecular weight is 398 g/mol. The molecule has 28 heavy (non-hydrogen) atoms. The number of aliphatic hydroxyl groups excluding tert-OH is 2. The van der Waals surface area contributed by atoms with Crippen LogP contribution in [0, 0.1) is 12.8 Å². The molecule has 2 aliphatic rings. The minimum atomic E-state index is -0.694. The fourth-order valence-corrected chi connectivity index (χ4v) is 4.49. The highest BCUT2D eigenvalue weighted by Crippen LogP contribution is 2.43. The number of rotatable bonds is 3. The molecule has 3 N–H and O–H groups in total. The van der Waals surface area contributed by atoms with E-state index in [1.54, 1.807) is 0 Å². The summed E-state index contributed by atoms with van der Waals surface area (Å²) in [5.74, 6) is 0.163. The van der Waals surface area contributed by atoms with E-state index in [-0.39, 0.29) is 24.2 Å². The van der Waals surface area contributed by atoms with Gasteiger partial charge in [0.2, 0.25) is 0 Å². The van der Waals surface area contributed by atoms with Crippen LogP contribution in [0.4, 0.5) is 0 Å². The third kappa shape index (κ3) is 3.21. The first kappa shape index (κ1) is 19.0. The number of carbonyl (C=O) groups is 1. The van der Waals surface area contributed by atoms with E-state index in [2.05, 4.69) is 5.32 Å². The zero-order valence-corrected chi connectivity index (χ0v) is 16.6. The van der Waals surface area contributed by atoms with E-state index >= 15 is 0 Å². The van der Waals surface area contributed by atoms with Crippen LogP contribution in [0.5, 0.6) is 0 Å². The smallest absolute Gasteiger partial charge is 0.256 e. The maximum Gasteiger partial charge on any atom is 0.256 e. The van der Waals surface area contributed by atoms with Crippen molar-refractivity contribution in [2.24, 2.45) is 5.92 Å². The summed E-state index contributed by atoms with van der Waals surface area (Å²) in [6.07, 6.45) is 2.88. The minimum Gasteiger partial charge on any atom is -0.509 e. The Balaban J connectivity index is 1.74. The number of nitrogens with one attached hydrogen (secondary N) is 1. The maximum atomic E-state index is 12.9. The summed E-state index contributed by atoms with van der Waals surface area (Å²) < 4.78 is 0. The van der Waals surface area contributed by atoms with Crippen molar-refractivity contribution in [3.05, 3.63) is 64.4 Å². The number of amides is 1. The van der Waals surface area contributed by atoms with Gasteiger partial charge in [-0.05, 0) is 79.0 Å². The van der Waals surface area contributed by atoms with E-state index in [0.29, 0.717) is 23.4 Å². The van der Waals surface area contributed by atoms with Gasteiger partial charge in [-0.2, -0.15) is 0 Å². The van der Waals surface area contributed by atoms with Gasteiger partial charge in [-0.1, -0.05) is 35.9 Å². The zero-order chi connectivity index (χ0) is 19.9. The number of aliphatic hydroxyl groups is 2. The van der Waals surface area contributed by atoms with Crippen LogP contribution in [0.3, 0.4) is 0 Å². The highest BCUT2D eigenvalue weighted by molar-refractivity contribution is 6.30. The second-order valence-corrected chi connectivity index (χ2v) is 8.36. The van der Waals surface area contributed by atoms with E-state index in [0.717, 1.165) is 35.1 Å². The van der Waals surface area contributed by atoms with Crippen LogP contribution >= 0.6 is 11.6 Å². The lowest BCUT2D eigenvalue weighted by molar-refractivity contribution is -0.116. The lowest BCUT2D eigenvalue weighted by Crippen LogP contribution is -2.47. The fourth-order valence-electron chi connectivity index (χ4n) is 4.36. The molecule has 4 rings (SSSR count). The Labute approximate surface area is 169 Å². The standard InChI is InChI=1S/C23H24ClNO3/c1-14-2-3-17(16-4-6-18(24)7-5-16)12-19(14)20-21(27)23(25-22(20)28)10-8-15(13-26)9-11-23/h2-7,12,15,26-27H,8-11,13H2,1H3,(H,25,28)/t15-,23-. The summed E-state index contributed by atoms with van der Waals surface area (Å²) in [6.45, 7) is 2.10. The highest BCUT2D eigenvalue weighted by atomic mass is 35.5. The van der Waals surface area contributed by atoms with E-state index in [1.165, 1.54) is 0 Å². The molecule has 4 nitrogen and oxygen atoms in total.